The van der Waals surface area contributed by atoms with Crippen molar-refractivity contribution in [1.29, 1.82) is 0 Å². The van der Waals surface area contributed by atoms with Crippen LogP contribution in [0.5, 0.6) is 0 Å². The van der Waals surface area contributed by atoms with Crippen LogP contribution in [-0.2, 0) is 0 Å². The summed E-state index contributed by atoms with van der Waals surface area (Å²) in [6, 6.07) is 2.08. The van der Waals surface area contributed by atoms with Gasteiger partial charge in [0.05, 0.1) is 22.7 Å². The summed E-state index contributed by atoms with van der Waals surface area (Å²) in [5.74, 6) is 0.00780. The first kappa shape index (κ1) is 16.5. The fourth-order valence-electron chi connectivity index (χ4n) is 4.16. The molecule has 2 fully saturated rings. The van der Waals surface area contributed by atoms with Crippen molar-refractivity contribution in [3.63, 3.8) is 0 Å². The molecule has 7 nitrogen and oxygen atoms in total. The van der Waals surface area contributed by atoms with Crippen LogP contribution in [-0.4, -0.2) is 69.3 Å². The van der Waals surface area contributed by atoms with Gasteiger partial charge in [0.15, 0.2) is 0 Å². The molecular formula is C18H24N4O3. The third-order valence-electron chi connectivity index (χ3n) is 5.49. The van der Waals surface area contributed by atoms with Crippen LogP contribution < -0.4 is 0 Å². The highest BCUT2D eigenvalue weighted by Crippen LogP contribution is 2.27. The Bertz CT molecular complexity index is 795. The molecule has 2 aromatic rings. The lowest BCUT2D eigenvalue weighted by atomic mass is 10.1. The number of aliphatic hydroxyl groups is 1. The number of carbonyl (C=O) groups is 1. The number of amides is 1. The number of aryl methyl sites for hydroxylation is 2. The molecule has 0 bridgehead atoms. The molecule has 134 valence electrons. The molecule has 1 aliphatic carbocycles. The van der Waals surface area contributed by atoms with Crippen molar-refractivity contribution in [3.8, 4) is 0 Å². The Morgan fingerprint density at radius 1 is 1.24 bits per heavy atom. The number of pyridine rings is 1. The molecule has 7 heteroatoms. The molecule has 0 radical (unpaired) electrons. The van der Waals surface area contributed by atoms with Crippen LogP contribution >= 0.6 is 0 Å². The largest absolute Gasteiger partial charge is 0.391 e. The Morgan fingerprint density at radius 2 is 2.00 bits per heavy atom. The zero-order valence-corrected chi connectivity index (χ0v) is 14.7. The van der Waals surface area contributed by atoms with Gasteiger partial charge >= 0.3 is 0 Å². The highest BCUT2D eigenvalue weighted by molar-refractivity contribution is 6.06. The molecule has 3 heterocycles. The van der Waals surface area contributed by atoms with Gasteiger partial charge in [-0.1, -0.05) is 5.16 Å². The SMILES string of the molecule is Cc1cc(C(=O)N2CCN([C@@H]3CCC[C@@H]3O)CC2)c2c(C)noc2n1. The molecule has 2 aromatic heterocycles. The molecular weight excluding hydrogens is 320 g/mol. The number of hydrogen-bond acceptors (Lipinski definition) is 6. The molecule has 1 saturated carbocycles. The molecule has 4 rings (SSSR count). The van der Waals surface area contributed by atoms with Crippen molar-refractivity contribution in [2.75, 3.05) is 26.2 Å². The van der Waals surface area contributed by atoms with E-state index in [1.165, 1.54) is 0 Å². The van der Waals surface area contributed by atoms with Gasteiger partial charge in [-0.3, -0.25) is 9.69 Å². The zero-order valence-electron chi connectivity index (χ0n) is 14.7. The maximum Gasteiger partial charge on any atom is 0.258 e. The summed E-state index contributed by atoms with van der Waals surface area (Å²) in [4.78, 5) is 21.6. The van der Waals surface area contributed by atoms with Crippen LogP contribution in [0.15, 0.2) is 10.6 Å². The Morgan fingerprint density at radius 3 is 2.68 bits per heavy atom. The number of piperazine rings is 1. The lowest BCUT2D eigenvalue weighted by Crippen LogP contribution is -2.53. The van der Waals surface area contributed by atoms with Gasteiger partial charge in [-0.15, -0.1) is 0 Å². The molecule has 0 spiro atoms. The quantitative estimate of drug-likeness (QED) is 0.889. The van der Waals surface area contributed by atoms with Gasteiger partial charge in [-0.25, -0.2) is 4.98 Å². The van der Waals surface area contributed by atoms with E-state index in [-0.39, 0.29) is 18.1 Å². The van der Waals surface area contributed by atoms with E-state index >= 15 is 0 Å². The monoisotopic (exact) mass is 344 g/mol. The first-order valence-corrected chi connectivity index (χ1v) is 8.99. The lowest BCUT2D eigenvalue weighted by Gasteiger charge is -2.39. The summed E-state index contributed by atoms with van der Waals surface area (Å²) in [7, 11) is 0. The summed E-state index contributed by atoms with van der Waals surface area (Å²) in [6.07, 6.45) is 2.82. The third kappa shape index (κ3) is 2.91. The number of aliphatic hydroxyl groups excluding tert-OH is 1. The maximum absolute atomic E-state index is 13.1. The molecule has 1 N–H and O–H groups in total. The molecule has 1 amide bonds. The third-order valence-corrected chi connectivity index (χ3v) is 5.49. The fourth-order valence-corrected chi connectivity index (χ4v) is 4.16. The summed E-state index contributed by atoms with van der Waals surface area (Å²) in [6.45, 7) is 6.66. The number of fused-ring (bicyclic) bond motifs is 1. The van der Waals surface area contributed by atoms with Gasteiger partial charge in [0.1, 0.15) is 0 Å². The van der Waals surface area contributed by atoms with E-state index in [0.29, 0.717) is 35.4 Å². The van der Waals surface area contributed by atoms with Gasteiger partial charge in [-0.2, -0.15) is 0 Å². The molecule has 1 saturated heterocycles. The van der Waals surface area contributed by atoms with Gasteiger partial charge in [-0.05, 0) is 39.2 Å². The standard InChI is InChI=1S/C18H24N4O3/c1-11-10-13(16-12(2)20-25-17(16)19-11)18(24)22-8-6-21(7-9-22)14-4-3-5-15(14)23/h10,14-15,23H,3-9H2,1-2H3/t14-,15+/m1/s1. The van der Waals surface area contributed by atoms with Crippen molar-refractivity contribution in [1.82, 2.24) is 19.9 Å². The van der Waals surface area contributed by atoms with E-state index in [9.17, 15) is 9.90 Å². The number of hydrogen-bond donors (Lipinski definition) is 1. The Labute approximate surface area is 146 Å². The summed E-state index contributed by atoms with van der Waals surface area (Å²) < 4.78 is 5.24. The lowest BCUT2D eigenvalue weighted by molar-refractivity contribution is 0.0316. The van der Waals surface area contributed by atoms with E-state index in [0.717, 1.165) is 38.0 Å². The first-order valence-electron chi connectivity index (χ1n) is 8.99. The van der Waals surface area contributed by atoms with Gasteiger partial charge in [0.2, 0.25) is 0 Å². The second-order valence-electron chi connectivity index (χ2n) is 7.15. The Hall–Kier alpha value is -1.99. The molecule has 25 heavy (non-hydrogen) atoms. The van der Waals surface area contributed by atoms with E-state index in [4.69, 9.17) is 4.52 Å². The summed E-state index contributed by atoms with van der Waals surface area (Å²) >= 11 is 0. The number of nitrogens with zero attached hydrogens (tertiary/aromatic N) is 4. The van der Waals surface area contributed by atoms with E-state index in [2.05, 4.69) is 15.0 Å². The van der Waals surface area contributed by atoms with Crippen LogP contribution in [0.2, 0.25) is 0 Å². The second-order valence-corrected chi connectivity index (χ2v) is 7.15. The predicted molar refractivity (Wildman–Crippen MR) is 92.4 cm³/mol. The minimum absolute atomic E-state index is 0.00780. The van der Waals surface area contributed by atoms with Crippen molar-refractivity contribution < 1.29 is 14.4 Å². The fraction of sp³-hybridized carbons (Fsp3) is 0.611. The topological polar surface area (TPSA) is 82.7 Å². The van der Waals surface area contributed by atoms with Crippen LogP contribution in [0, 0.1) is 13.8 Å². The van der Waals surface area contributed by atoms with E-state index < -0.39 is 0 Å². The van der Waals surface area contributed by atoms with E-state index in [1.807, 2.05) is 24.8 Å². The Kier molecular flexibility index (Phi) is 4.21. The van der Waals surface area contributed by atoms with Crippen molar-refractivity contribution in [3.05, 3.63) is 23.0 Å². The number of rotatable bonds is 2. The minimum Gasteiger partial charge on any atom is -0.391 e. The highest BCUT2D eigenvalue weighted by atomic mass is 16.5. The van der Waals surface area contributed by atoms with Crippen LogP contribution in [0.1, 0.15) is 41.0 Å². The molecule has 0 aromatic carbocycles. The normalized spacial score (nSPS) is 25.0. The van der Waals surface area contributed by atoms with Gasteiger partial charge in [0, 0.05) is 37.9 Å². The minimum atomic E-state index is -0.218. The number of carbonyl (C=O) groups excluding carboxylic acids is 1. The predicted octanol–water partition coefficient (Wildman–Crippen LogP) is 1.51. The smallest absolute Gasteiger partial charge is 0.258 e. The average Bonchev–Trinajstić information content (AvgIpc) is 3.20. The second kappa shape index (κ2) is 6.38. The average molecular weight is 344 g/mol. The highest BCUT2D eigenvalue weighted by Gasteiger charge is 2.34. The number of aromatic nitrogens is 2. The maximum atomic E-state index is 13.1. The first-order chi connectivity index (χ1) is 12.0. The molecule has 2 atom stereocenters. The summed E-state index contributed by atoms with van der Waals surface area (Å²) in [5, 5.41) is 14.8. The molecule has 2 aliphatic rings. The zero-order chi connectivity index (χ0) is 17.6. The van der Waals surface area contributed by atoms with Crippen molar-refractivity contribution in [2.24, 2.45) is 0 Å². The molecule has 0 unspecified atom stereocenters. The van der Waals surface area contributed by atoms with Crippen molar-refractivity contribution in [2.45, 2.75) is 45.3 Å². The van der Waals surface area contributed by atoms with Gasteiger partial charge < -0.3 is 14.5 Å². The van der Waals surface area contributed by atoms with E-state index in [1.54, 1.807) is 0 Å². The van der Waals surface area contributed by atoms with Gasteiger partial charge in [0.25, 0.3) is 11.6 Å². The van der Waals surface area contributed by atoms with Crippen LogP contribution in [0.3, 0.4) is 0 Å². The van der Waals surface area contributed by atoms with Crippen LogP contribution in [0.4, 0.5) is 0 Å². The summed E-state index contributed by atoms with van der Waals surface area (Å²) in [5.41, 5.74) is 2.49. The van der Waals surface area contributed by atoms with Crippen molar-refractivity contribution >= 4 is 17.0 Å². The van der Waals surface area contributed by atoms with Crippen LogP contribution in [0.25, 0.3) is 11.1 Å². The Balaban J connectivity index is 1.52. The molecule has 1 aliphatic heterocycles.